The average molecular weight is 418 g/mol. The van der Waals surface area contributed by atoms with Gasteiger partial charge in [-0.25, -0.2) is 15.0 Å². The van der Waals surface area contributed by atoms with E-state index in [-0.39, 0.29) is 5.15 Å². The van der Waals surface area contributed by atoms with E-state index in [0.717, 1.165) is 25.0 Å². The van der Waals surface area contributed by atoms with Crippen LogP contribution in [0.1, 0.15) is 37.4 Å². The van der Waals surface area contributed by atoms with Crippen LogP contribution in [-0.4, -0.2) is 52.7 Å². The molecule has 0 unspecified atom stereocenters. The highest BCUT2D eigenvalue weighted by Gasteiger charge is 2.38. The molecule has 0 spiro atoms. The Morgan fingerprint density at radius 1 is 1.36 bits per heavy atom. The van der Waals surface area contributed by atoms with E-state index in [1.54, 1.807) is 6.20 Å². The number of thioether (sulfide) groups is 1. The molecule has 146 valence electrons. The zero-order valence-corrected chi connectivity index (χ0v) is 16.8. The first-order chi connectivity index (χ1) is 13.6. The Hall–Kier alpha value is -2.05. The van der Waals surface area contributed by atoms with E-state index in [1.165, 1.54) is 11.8 Å². The summed E-state index contributed by atoms with van der Waals surface area (Å²) < 4.78 is 1.82. The minimum absolute atomic E-state index is 0.217. The highest BCUT2D eigenvalue weighted by atomic mass is 35.5. The molecule has 3 N–H and O–H groups in total. The predicted molar refractivity (Wildman–Crippen MR) is 110 cm³/mol. The Balaban J connectivity index is 1.88. The molecule has 0 saturated carbocycles. The van der Waals surface area contributed by atoms with Gasteiger partial charge in [0.25, 0.3) is 0 Å². The van der Waals surface area contributed by atoms with Crippen molar-refractivity contribution in [2.24, 2.45) is 0 Å². The third-order valence-electron chi connectivity index (χ3n) is 4.57. The van der Waals surface area contributed by atoms with Crippen LogP contribution >= 0.6 is 23.4 Å². The molecule has 4 rings (SSSR count). The van der Waals surface area contributed by atoms with E-state index in [2.05, 4.69) is 38.7 Å². The van der Waals surface area contributed by atoms with Gasteiger partial charge in [-0.15, -0.1) is 11.8 Å². The summed E-state index contributed by atoms with van der Waals surface area (Å²) in [5.74, 6) is 7.37. The summed E-state index contributed by atoms with van der Waals surface area (Å²) in [4.78, 5) is 16.6. The lowest BCUT2D eigenvalue weighted by atomic mass is 10.2. The van der Waals surface area contributed by atoms with Gasteiger partial charge in [-0.3, -0.25) is 4.57 Å². The summed E-state index contributed by atoms with van der Waals surface area (Å²) in [6.45, 7) is 2.11. The van der Waals surface area contributed by atoms with Gasteiger partial charge in [0.05, 0.1) is 11.8 Å². The zero-order valence-electron chi connectivity index (χ0n) is 15.3. The molecular formula is C19H20ClN5O2S. The molecule has 7 nitrogen and oxygen atoms in total. The Kier molecular flexibility index (Phi) is 5.60. The molecule has 9 heteroatoms. The second-order valence-electron chi connectivity index (χ2n) is 6.59. The van der Waals surface area contributed by atoms with E-state index >= 15 is 0 Å². The highest BCUT2D eigenvalue weighted by Crippen LogP contribution is 2.41. The molecule has 0 aromatic carbocycles. The maximum absolute atomic E-state index is 10.5. The average Bonchev–Trinajstić information content (AvgIpc) is 3.39. The van der Waals surface area contributed by atoms with E-state index in [4.69, 9.17) is 11.6 Å². The largest absolute Gasteiger partial charge is 0.389 e. The monoisotopic (exact) mass is 417 g/mol. The smallest absolute Gasteiger partial charge is 0.208 e. The number of fused-ring (bicyclic) bond motifs is 1. The molecule has 4 heterocycles. The fourth-order valence-electron chi connectivity index (χ4n) is 3.12. The predicted octanol–water partition coefficient (Wildman–Crippen LogP) is 2.98. The van der Waals surface area contributed by atoms with Gasteiger partial charge in [-0.1, -0.05) is 30.9 Å². The highest BCUT2D eigenvalue weighted by molar-refractivity contribution is 7.99. The summed E-state index contributed by atoms with van der Waals surface area (Å²) in [6, 6.07) is 3.75. The SMILES string of the molecule is CCCCC#Cc1nc(Cl)c2nc(-c3ccc[nH]3)n([C@@H]3SC[C@@H](O)[C@H]3O)c2n1. The van der Waals surface area contributed by atoms with Gasteiger partial charge in [-0.05, 0) is 24.5 Å². The van der Waals surface area contributed by atoms with Gasteiger partial charge in [0, 0.05) is 18.4 Å². The van der Waals surface area contributed by atoms with Crippen LogP contribution in [0.5, 0.6) is 0 Å². The lowest BCUT2D eigenvalue weighted by Crippen LogP contribution is -2.28. The summed E-state index contributed by atoms with van der Waals surface area (Å²) in [7, 11) is 0. The molecule has 0 amide bonds. The number of hydrogen-bond acceptors (Lipinski definition) is 6. The number of aliphatic hydroxyl groups is 2. The molecule has 28 heavy (non-hydrogen) atoms. The second kappa shape index (κ2) is 8.13. The molecule has 0 radical (unpaired) electrons. The van der Waals surface area contributed by atoms with Gasteiger partial charge in [0.15, 0.2) is 16.6 Å². The van der Waals surface area contributed by atoms with Crippen molar-refractivity contribution in [1.29, 1.82) is 0 Å². The second-order valence-corrected chi connectivity index (χ2v) is 8.09. The van der Waals surface area contributed by atoms with Crippen LogP contribution in [-0.2, 0) is 0 Å². The molecule has 3 atom stereocenters. The molecule has 0 bridgehead atoms. The maximum Gasteiger partial charge on any atom is 0.208 e. The van der Waals surface area contributed by atoms with Crippen molar-refractivity contribution in [1.82, 2.24) is 24.5 Å². The van der Waals surface area contributed by atoms with Crippen molar-refractivity contribution in [3.8, 4) is 23.4 Å². The summed E-state index contributed by atoms with van der Waals surface area (Å²) >= 11 is 7.85. The normalized spacial score (nSPS) is 21.8. The molecule has 1 saturated heterocycles. The summed E-state index contributed by atoms with van der Waals surface area (Å²) in [5, 5.41) is 20.3. The third-order valence-corrected chi connectivity index (χ3v) is 6.20. The van der Waals surface area contributed by atoms with Crippen molar-refractivity contribution < 1.29 is 10.2 Å². The van der Waals surface area contributed by atoms with Crippen LogP contribution < -0.4 is 0 Å². The van der Waals surface area contributed by atoms with Gasteiger partial charge in [0.1, 0.15) is 17.0 Å². The minimum atomic E-state index is -0.941. The maximum atomic E-state index is 10.5. The Morgan fingerprint density at radius 3 is 2.89 bits per heavy atom. The number of aromatic amines is 1. The Labute approximate surface area is 171 Å². The molecular weight excluding hydrogens is 398 g/mol. The molecule has 1 aliphatic rings. The topological polar surface area (TPSA) is 99.9 Å². The van der Waals surface area contributed by atoms with Crippen molar-refractivity contribution in [2.45, 2.75) is 43.8 Å². The number of hydrogen-bond donors (Lipinski definition) is 3. The first-order valence-corrected chi connectivity index (χ1v) is 10.6. The minimum Gasteiger partial charge on any atom is -0.389 e. The van der Waals surface area contributed by atoms with E-state index in [0.29, 0.717) is 28.6 Å². The first kappa shape index (κ1) is 19.3. The quantitative estimate of drug-likeness (QED) is 0.343. The zero-order chi connectivity index (χ0) is 19.7. The van der Waals surface area contributed by atoms with Crippen LogP contribution in [0.2, 0.25) is 5.15 Å². The van der Waals surface area contributed by atoms with Crippen molar-refractivity contribution in [2.75, 3.05) is 5.75 Å². The number of H-pyrrole nitrogens is 1. The fraction of sp³-hybridized carbons (Fsp3) is 0.421. The Morgan fingerprint density at radius 2 is 2.21 bits per heavy atom. The van der Waals surface area contributed by atoms with Gasteiger partial charge < -0.3 is 15.2 Å². The fourth-order valence-corrected chi connectivity index (χ4v) is 4.64. The lowest BCUT2D eigenvalue weighted by Gasteiger charge is -2.19. The van der Waals surface area contributed by atoms with Crippen LogP contribution in [0.4, 0.5) is 0 Å². The van der Waals surface area contributed by atoms with Crippen molar-refractivity contribution in [3.05, 3.63) is 29.3 Å². The number of aromatic nitrogens is 5. The van der Waals surface area contributed by atoms with Crippen LogP contribution in [0.15, 0.2) is 18.3 Å². The van der Waals surface area contributed by atoms with E-state index in [9.17, 15) is 10.2 Å². The van der Waals surface area contributed by atoms with Crippen LogP contribution in [0.3, 0.4) is 0 Å². The summed E-state index contributed by atoms with van der Waals surface area (Å²) in [5.41, 5.74) is 1.70. The van der Waals surface area contributed by atoms with Crippen molar-refractivity contribution >= 4 is 34.5 Å². The molecule has 3 aromatic heterocycles. The molecule has 0 aliphatic carbocycles. The summed E-state index contributed by atoms with van der Waals surface area (Å²) in [6.07, 6.45) is 2.90. The third kappa shape index (κ3) is 3.51. The number of aliphatic hydroxyl groups excluding tert-OH is 2. The number of halogens is 1. The van der Waals surface area contributed by atoms with Crippen molar-refractivity contribution in [3.63, 3.8) is 0 Å². The van der Waals surface area contributed by atoms with E-state index in [1.807, 2.05) is 16.7 Å². The number of imidazole rings is 1. The number of unbranched alkanes of at least 4 members (excludes halogenated alkanes) is 2. The number of nitrogens with one attached hydrogen (secondary N) is 1. The van der Waals surface area contributed by atoms with Crippen LogP contribution in [0.25, 0.3) is 22.7 Å². The Bertz CT molecular complexity index is 1040. The number of nitrogens with zero attached hydrogens (tertiary/aromatic N) is 4. The molecule has 1 aliphatic heterocycles. The lowest BCUT2D eigenvalue weighted by molar-refractivity contribution is 0.0316. The first-order valence-electron chi connectivity index (χ1n) is 9.16. The van der Waals surface area contributed by atoms with Gasteiger partial charge in [0.2, 0.25) is 5.82 Å². The van der Waals surface area contributed by atoms with Gasteiger partial charge in [-0.2, -0.15) is 0 Å². The van der Waals surface area contributed by atoms with Gasteiger partial charge >= 0.3 is 0 Å². The van der Waals surface area contributed by atoms with E-state index < -0.39 is 17.6 Å². The standard InChI is InChI=1S/C19H20ClN5O2S/c1-2-3-4-5-8-13-22-16(20)14-18(23-13)25(19-15(27)12(26)10-28-19)17(24-14)11-7-6-9-21-11/h6-7,9,12,15,19,21,26-27H,2-4,10H2,1H3/t12-,15-,19-/m1/s1. The molecule has 1 fully saturated rings. The van der Waals surface area contributed by atoms with Crippen LogP contribution in [0, 0.1) is 11.8 Å². The molecule has 3 aromatic rings. The number of rotatable bonds is 4.